The topological polar surface area (TPSA) is 157 Å². The van der Waals surface area contributed by atoms with Crippen LogP contribution < -0.4 is 0 Å². The molecule has 0 spiro atoms. The lowest BCUT2D eigenvalue weighted by Crippen LogP contribution is -2.44. The third kappa shape index (κ3) is 5.35. The highest BCUT2D eigenvalue weighted by Crippen LogP contribution is 2.30. The summed E-state index contributed by atoms with van der Waals surface area (Å²) in [4.78, 5) is -0.396. The van der Waals surface area contributed by atoms with Gasteiger partial charge in [-0.3, -0.25) is 8.37 Å². The number of rotatable bonds is 8. The lowest BCUT2D eigenvalue weighted by molar-refractivity contribution is -0.142. The average molecular weight is 489 g/mol. The van der Waals surface area contributed by atoms with E-state index in [9.17, 15) is 32.2 Å². The van der Waals surface area contributed by atoms with Crippen molar-refractivity contribution in [1.29, 1.82) is 0 Å². The third-order valence-electron chi connectivity index (χ3n) is 4.90. The van der Waals surface area contributed by atoms with E-state index in [-0.39, 0.29) is 9.79 Å². The van der Waals surface area contributed by atoms with Gasteiger partial charge in [-0.15, -0.1) is 0 Å². The lowest BCUT2D eigenvalue weighted by atomic mass is 10.1. The molecule has 3 N–H and O–H groups in total. The Kier molecular flexibility index (Phi) is 7.37. The maximum Gasteiger partial charge on any atom is 0.297 e. The molecule has 1 fully saturated rings. The van der Waals surface area contributed by atoms with Crippen molar-refractivity contribution in [3.8, 4) is 0 Å². The summed E-state index contributed by atoms with van der Waals surface area (Å²) < 4.78 is 65.1. The molecule has 10 nitrogen and oxygen atoms in total. The van der Waals surface area contributed by atoms with Gasteiger partial charge in [0.2, 0.25) is 0 Å². The van der Waals surface area contributed by atoms with E-state index >= 15 is 0 Å². The van der Waals surface area contributed by atoms with Gasteiger partial charge in [-0.1, -0.05) is 35.4 Å². The van der Waals surface area contributed by atoms with Crippen molar-refractivity contribution in [3.63, 3.8) is 0 Å². The maximum atomic E-state index is 12.5. The van der Waals surface area contributed by atoms with Crippen molar-refractivity contribution < 1.29 is 45.3 Å². The van der Waals surface area contributed by atoms with E-state index in [1.165, 1.54) is 24.3 Å². The molecule has 176 valence electrons. The normalized spacial score (nSPS) is 25.0. The highest BCUT2D eigenvalue weighted by Gasteiger charge is 2.50. The molecule has 1 aliphatic heterocycles. The Bertz CT molecular complexity index is 1130. The van der Waals surface area contributed by atoms with Crippen LogP contribution in [0.2, 0.25) is 0 Å². The largest absolute Gasteiger partial charge is 0.394 e. The molecule has 1 aliphatic rings. The standard InChI is InChI=1S/C20H24O10S2/c1-12-3-7-14(8-4-12)31(24,25)29-16(11-21)18-17(22)19(20(23)28-18)30-32(26,27)15-9-5-13(2)6-10-15/h3-10,16-23H,11H2,1-2H3/t16?,17-,18-,19?,20+/m0/s1. The average Bonchev–Trinajstić information content (AvgIpc) is 3.00. The van der Waals surface area contributed by atoms with E-state index < -0.39 is 57.5 Å². The minimum Gasteiger partial charge on any atom is -0.394 e. The van der Waals surface area contributed by atoms with E-state index in [1.54, 1.807) is 38.1 Å². The second kappa shape index (κ2) is 9.53. The van der Waals surface area contributed by atoms with E-state index in [4.69, 9.17) is 13.1 Å². The minimum absolute atomic E-state index is 0.190. The molecular formula is C20H24O10S2. The number of benzene rings is 2. The van der Waals surface area contributed by atoms with Gasteiger partial charge in [-0.25, -0.2) is 0 Å². The maximum absolute atomic E-state index is 12.5. The monoisotopic (exact) mass is 488 g/mol. The Balaban J connectivity index is 1.77. The van der Waals surface area contributed by atoms with Crippen LogP contribution >= 0.6 is 0 Å². The summed E-state index contributed by atoms with van der Waals surface area (Å²) in [6, 6.07) is 11.4. The first kappa shape index (κ1) is 24.7. The van der Waals surface area contributed by atoms with Crippen LogP contribution in [0.15, 0.2) is 58.3 Å². The van der Waals surface area contributed by atoms with E-state index in [2.05, 4.69) is 0 Å². The highest BCUT2D eigenvalue weighted by molar-refractivity contribution is 7.87. The van der Waals surface area contributed by atoms with Gasteiger partial charge in [0, 0.05) is 0 Å². The summed E-state index contributed by atoms with van der Waals surface area (Å²) in [5.41, 5.74) is 1.63. The van der Waals surface area contributed by atoms with Crippen molar-refractivity contribution in [1.82, 2.24) is 0 Å². The van der Waals surface area contributed by atoms with Gasteiger partial charge in [-0.05, 0) is 38.1 Å². The summed E-state index contributed by atoms with van der Waals surface area (Å²) in [6.45, 7) is 2.62. The fourth-order valence-corrected chi connectivity index (χ4v) is 5.26. The SMILES string of the molecule is Cc1ccc(S(=O)(=O)OC2[C@H](O)O[C@@H](C(CO)OS(=O)(=O)c3ccc(C)cc3)[C@@H]2O)cc1. The Hall–Kier alpha value is -1.90. The van der Waals surface area contributed by atoms with E-state index in [0.29, 0.717) is 0 Å². The number of hydrogen-bond donors (Lipinski definition) is 3. The van der Waals surface area contributed by atoms with Crippen molar-refractivity contribution in [2.75, 3.05) is 6.61 Å². The van der Waals surface area contributed by atoms with Crippen LogP contribution in [-0.2, 0) is 33.3 Å². The van der Waals surface area contributed by atoms with Crippen LogP contribution in [0.5, 0.6) is 0 Å². The molecule has 0 bridgehead atoms. The molecule has 32 heavy (non-hydrogen) atoms. The fraction of sp³-hybridized carbons (Fsp3) is 0.400. The van der Waals surface area contributed by atoms with Crippen LogP contribution in [0.1, 0.15) is 11.1 Å². The van der Waals surface area contributed by atoms with Gasteiger partial charge in [0.15, 0.2) is 12.4 Å². The second-order valence-electron chi connectivity index (χ2n) is 7.39. The summed E-state index contributed by atoms with van der Waals surface area (Å²) in [5, 5.41) is 30.3. The van der Waals surface area contributed by atoms with E-state index in [0.717, 1.165) is 11.1 Å². The Morgan fingerprint density at radius 3 is 1.81 bits per heavy atom. The number of aryl methyl sites for hydroxylation is 2. The summed E-state index contributed by atoms with van der Waals surface area (Å²) >= 11 is 0. The molecule has 2 unspecified atom stereocenters. The van der Waals surface area contributed by atoms with Crippen molar-refractivity contribution >= 4 is 20.2 Å². The predicted molar refractivity (Wildman–Crippen MR) is 110 cm³/mol. The van der Waals surface area contributed by atoms with Gasteiger partial charge >= 0.3 is 0 Å². The number of aliphatic hydroxyl groups excluding tert-OH is 3. The molecule has 0 aliphatic carbocycles. The first-order valence-electron chi connectivity index (χ1n) is 9.57. The first-order valence-corrected chi connectivity index (χ1v) is 12.4. The molecule has 2 aromatic carbocycles. The number of ether oxygens (including phenoxy) is 1. The Morgan fingerprint density at radius 1 is 0.875 bits per heavy atom. The summed E-state index contributed by atoms with van der Waals surface area (Å²) in [5.74, 6) is 0. The number of hydrogen-bond acceptors (Lipinski definition) is 10. The van der Waals surface area contributed by atoms with Crippen LogP contribution in [-0.4, -0.2) is 69.5 Å². The Morgan fingerprint density at radius 2 is 1.34 bits per heavy atom. The highest BCUT2D eigenvalue weighted by atomic mass is 32.2. The van der Waals surface area contributed by atoms with Crippen molar-refractivity contribution in [2.24, 2.45) is 0 Å². The summed E-state index contributed by atoms with van der Waals surface area (Å²) in [6.07, 6.45) is -8.74. The number of aliphatic hydroxyl groups is 3. The van der Waals surface area contributed by atoms with Gasteiger partial charge in [0.1, 0.15) is 18.3 Å². The van der Waals surface area contributed by atoms with Gasteiger partial charge in [0.25, 0.3) is 20.2 Å². The van der Waals surface area contributed by atoms with Gasteiger partial charge < -0.3 is 20.1 Å². The zero-order valence-corrected chi connectivity index (χ0v) is 18.9. The first-order chi connectivity index (χ1) is 14.9. The molecule has 2 aromatic rings. The van der Waals surface area contributed by atoms with Crippen molar-refractivity contribution in [3.05, 3.63) is 59.7 Å². The molecule has 5 atom stereocenters. The van der Waals surface area contributed by atoms with Crippen LogP contribution in [0, 0.1) is 13.8 Å². The second-order valence-corrected chi connectivity index (χ2v) is 10.5. The molecule has 1 heterocycles. The molecular weight excluding hydrogens is 464 g/mol. The Labute approximate surface area is 186 Å². The van der Waals surface area contributed by atoms with E-state index in [1.807, 2.05) is 0 Å². The third-order valence-corrected chi connectivity index (χ3v) is 7.58. The molecule has 0 aromatic heterocycles. The minimum atomic E-state index is -4.39. The smallest absolute Gasteiger partial charge is 0.297 e. The molecule has 0 radical (unpaired) electrons. The lowest BCUT2D eigenvalue weighted by Gasteiger charge is -2.24. The molecule has 0 amide bonds. The molecule has 0 saturated carbocycles. The predicted octanol–water partition coefficient (Wildman–Crippen LogP) is 0.222. The molecule has 1 saturated heterocycles. The summed E-state index contributed by atoms with van der Waals surface area (Å²) in [7, 11) is -8.74. The van der Waals surface area contributed by atoms with Crippen molar-refractivity contribution in [2.45, 2.75) is 54.3 Å². The fourth-order valence-electron chi connectivity index (χ4n) is 3.11. The molecule has 3 rings (SSSR count). The van der Waals surface area contributed by atoms with Gasteiger partial charge in [0.05, 0.1) is 16.4 Å². The van der Waals surface area contributed by atoms with Crippen LogP contribution in [0.3, 0.4) is 0 Å². The van der Waals surface area contributed by atoms with Gasteiger partial charge in [-0.2, -0.15) is 16.8 Å². The zero-order valence-electron chi connectivity index (χ0n) is 17.2. The van der Waals surface area contributed by atoms with Crippen LogP contribution in [0.25, 0.3) is 0 Å². The zero-order chi connectivity index (χ0) is 23.7. The van der Waals surface area contributed by atoms with Crippen LogP contribution in [0.4, 0.5) is 0 Å². The quantitative estimate of drug-likeness (QED) is 0.439. The molecule has 12 heteroatoms.